The van der Waals surface area contributed by atoms with E-state index in [4.69, 9.17) is 4.74 Å². The molecule has 2 rings (SSSR count). The van der Waals surface area contributed by atoms with Gasteiger partial charge in [0.25, 0.3) is 5.91 Å². The van der Waals surface area contributed by atoms with E-state index in [1.165, 1.54) is 11.1 Å². The van der Waals surface area contributed by atoms with Crippen LogP contribution in [0.1, 0.15) is 40.8 Å². The van der Waals surface area contributed by atoms with E-state index in [1.807, 2.05) is 32.9 Å². The molecule has 0 heterocycles. The molecule has 1 amide bonds. The van der Waals surface area contributed by atoms with Gasteiger partial charge < -0.3 is 10.1 Å². The minimum atomic E-state index is -0.126. The molecule has 0 radical (unpaired) electrons. The van der Waals surface area contributed by atoms with Crippen molar-refractivity contribution in [1.82, 2.24) is 5.32 Å². The largest absolute Gasteiger partial charge is 0.484 e. The summed E-state index contributed by atoms with van der Waals surface area (Å²) in [5.74, 6) is 0.584. The van der Waals surface area contributed by atoms with E-state index >= 15 is 0 Å². The zero-order chi connectivity index (χ0) is 17.9. The number of amides is 1. The molecule has 2 aromatic carbocycles. The highest BCUT2D eigenvalue weighted by atomic mass is 79.9. The molecule has 4 heteroatoms. The molecule has 0 unspecified atom stereocenters. The third-order valence-corrected chi connectivity index (χ3v) is 5.44. The number of hydrogen-bond donors (Lipinski definition) is 1. The van der Waals surface area contributed by atoms with Gasteiger partial charge in [0.2, 0.25) is 0 Å². The second-order valence-electron chi connectivity index (χ2n) is 6.29. The fourth-order valence-electron chi connectivity index (χ4n) is 2.54. The summed E-state index contributed by atoms with van der Waals surface area (Å²) in [7, 11) is 0. The van der Waals surface area contributed by atoms with Crippen molar-refractivity contribution in [3.05, 3.63) is 62.6 Å². The fourth-order valence-corrected chi connectivity index (χ4v) is 2.77. The lowest BCUT2D eigenvalue weighted by Gasteiger charge is -2.16. The summed E-state index contributed by atoms with van der Waals surface area (Å²) >= 11 is 3.53. The maximum Gasteiger partial charge on any atom is 0.258 e. The van der Waals surface area contributed by atoms with Crippen molar-refractivity contribution in [3.63, 3.8) is 0 Å². The first kappa shape index (κ1) is 18.5. The van der Waals surface area contributed by atoms with Gasteiger partial charge in [-0.25, -0.2) is 0 Å². The number of ether oxygens (including phenoxy) is 1. The van der Waals surface area contributed by atoms with Crippen molar-refractivity contribution in [2.75, 3.05) is 6.61 Å². The fraction of sp³-hybridized carbons (Fsp3) is 0.350. The van der Waals surface area contributed by atoms with Gasteiger partial charge in [0.1, 0.15) is 5.75 Å². The molecule has 0 aliphatic rings. The summed E-state index contributed by atoms with van der Waals surface area (Å²) in [5.41, 5.74) is 5.76. The number of nitrogens with one attached hydrogen (secondary N) is 1. The van der Waals surface area contributed by atoms with Gasteiger partial charge in [-0.1, -0.05) is 34.1 Å². The van der Waals surface area contributed by atoms with E-state index in [9.17, 15) is 4.79 Å². The third kappa shape index (κ3) is 4.60. The van der Waals surface area contributed by atoms with Crippen LogP contribution >= 0.6 is 15.9 Å². The van der Waals surface area contributed by atoms with Crippen molar-refractivity contribution in [3.8, 4) is 5.75 Å². The van der Waals surface area contributed by atoms with Crippen molar-refractivity contribution < 1.29 is 9.53 Å². The Bertz CT molecular complexity index is 732. The summed E-state index contributed by atoms with van der Waals surface area (Å²) in [4.78, 5) is 12.1. The Labute approximate surface area is 152 Å². The van der Waals surface area contributed by atoms with Crippen LogP contribution in [0.2, 0.25) is 0 Å². The van der Waals surface area contributed by atoms with Gasteiger partial charge in [-0.2, -0.15) is 0 Å². The predicted octanol–water partition coefficient (Wildman–Crippen LogP) is 4.94. The van der Waals surface area contributed by atoms with Crippen molar-refractivity contribution in [1.29, 1.82) is 0 Å². The lowest BCUT2D eigenvalue weighted by molar-refractivity contribution is -0.123. The van der Waals surface area contributed by atoms with E-state index in [2.05, 4.69) is 53.3 Å². The topological polar surface area (TPSA) is 38.3 Å². The van der Waals surface area contributed by atoms with E-state index < -0.39 is 0 Å². The summed E-state index contributed by atoms with van der Waals surface area (Å²) in [5, 5.41) is 2.98. The molecule has 0 saturated heterocycles. The van der Waals surface area contributed by atoms with E-state index in [1.54, 1.807) is 0 Å². The van der Waals surface area contributed by atoms with Crippen LogP contribution in [0.5, 0.6) is 5.75 Å². The van der Waals surface area contributed by atoms with E-state index in [-0.39, 0.29) is 18.6 Å². The lowest BCUT2D eigenvalue weighted by Crippen LogP contribution is -2.31. The number of carbonyl (C=O) groups is 1. The average molecular weight is 390 g/mol. The van der Waals surface area contributed by atoms with Gasteiger partial charge in [-0.3, -0.25) is 4.79 Å². The Balaban J connectivity index is 1.94. The Morgan fingerprint density at radius 1 is 1.04 bits per heavy atom. The number of carbonyl (C=O) groups excluding carboxylic acids is 1. The minimum absolute atomic E-state index is 0.00962. The summed E-state index contributed by atoms with van der Waals surface area (Å²) < 4.78 is 6.70. The molecular weight excluding hydrogens is 366 g/mol. The van der Waals surface area contributed by atoms with Crippen LogP contribution in [0.15, 0.2) is 34.8 Å². The summed E-state index contributed by atoms with van der Waals surface area (Å²) in [6, 6.07) is 10.1. The van der Waals surface area contributed by atoms with Gasteiger partial charge in [0, 0.05) is 4.47 Å². The first-order valence-corrected chi connectivity index (χ1v) is 8.83. The molecule has 128 valence electrons. The number of rotatable bonds is 5. The first-order valence-electron chi connectivity index (χ1n) is 8.04. The number of hydrogen-bond acceptors (Lipinski definition) is 2. The number of aryl methyl sites for hydroxylation is 4. The van der Waals surface area contributed by atoms with Crippen LogP contribution in [0.4, 0.5) is 0 Å². The van der Waals surface area contributed by atoms with Crippen LogP contribution in [0.25, 0.3) is 0 Å². The highest BCUT2D eigenvalue weighted by molar-refractivity contribution is 9.10. The smallest absolute Gasteiger partial charge is 0.258 e. The summed E-state index contributed by atoms with van der Waals surface area (Å²) in [6.45, 7) is 10.2. The van der Waals surface area contributed by atoms with Crippen LogP contribution in [-0.4, -0.2) is 12.5 Å². The summed E-state index contributed by atoms with van der Waals surface area (Å²) in [6.07, 6.45) is 0. The van der Waals surface area contributed by atoms with Crippen molar-refractivity contribution >= 4 is 21.8 Å². The molecule has 0 spiro atoms. The Kier molecular flexibility index (Phi) is 6.05. The van der Waals surface area contributed by atoms with Crippen LogP contribution in [0, 0.1) is 27.7 Å². The average Bonchev–Trinajstić information content (AvgIpc) is 2.53. The normalized spacial score (nSPS) is 11.9. The Hall–Kier alpha value is -1.81. The van der Waals surface area contributed by atoms with Gasteiger partial charge in [-0.05, 0) is 74.6 Å². The highest BCUT2D eigenvalue weighted by Gasteiger charge is 2.11. The second kappa shape index (κ2) is 7.84. The maximum atomic E-state index is 12.1. The van der Waals surface area contributed by atoms with E-state index in [0.717, 1.165) is 21.2 Å². The molecule has 0 bridgehead atoms. The molecule has 0 aromatic heterocycles. The molecule has 3 nitrogen and oxygen atoms in total. The molecule has 1 N–H and O–H groups in total. The quantitative estimate of drug-likeness (QED) is 0.786. The SMILES string of the molecule is Cc1ccc([C@@H](C)NC(=O)COc2cc(C)c(Br)c(C)c2)cc1C. The zero-order valence-corrected chi connectivity index (χ0v) is 16.5. The minimum Gasteiger partial charge on any atom is -0.484 e. The maximum absolute atomic E-state index is 12.1. The standard InChI is InChI=1S/C20H24BrNO2/c1-12-6-7-17(8-13(12)2)16(5)22-19(23)11-24-18-9-14(3)20(21)15(4)10-18/h6-10,16H,11H2,1-5H3,(H,22,23)/t16-/m1/s1. The highest BCUT2D eigenvalue weighted by Crippen LogP contribution is 2.26. The predicted molar refractivity (Wildman–Crippen MR) is 102 cm³/mol. The zero-order valence-electron chi connectivity index (χ0n) is 14.9. The third-order valence-electron chi connectivity index (χ3n) is 4.19. The van der Waals surface area contributed by atoms with Crippen molar-refractivity contribution in [2.45, 2.75) is 40.7 Å². The van der Waals surface area contributed by atoms with E-state index in [0.29, 0.717) is 5.75 Å². The molecule has 0 aliphatic carbocycles. The van der Waals surface area contributed by atoms with Gasteiger partial charge >= 0.3 is 0 Å². The molecule has 0 saturated carbocycles. The Morgan fingerprint density at radius 2 is 1.67 bits per heavy atom. The molecular formula is C20H24BrNO2. The van der Waals surface area contributed by atoms with Gasteiger partial charge in [0.15, 0.2) is 6.61 Å². The molecule has 24 heavy (non-hydrogen) atoms. The number of halogens is 1. The Morgan fingerprint density at radius 3 is 2.25 bits per heavy atom. The van der Waals surface area contributed by atoms with Crippen LogP contribution in [0.3, 0.4) is 0 Å². The van der Waals surface area contributed by atoms with Crippen LogP contribution in [-0.2, 0) is 4.79 Å². The molecule has 0 aliphatic heterocycles. The monoisotopic (exact) mass is 389 g/mol. The van der Waals surface area contributed by atoms with Crippen molar-refractivity contribution in [2.24, 2.45) is 0 Å². The molecule has 1 atom stereocenters. The van der Waals surface area contributed by atoms with Gasteiger partial charge in [0.05, 0.1) is 6.04 Å². The lowest BCUT2D eigenvalue weighted by atomic mass is 10.0. The van der Waals surface area contributed by atoms with Crippen LogP contribution < -0.4 is 10.1 Å². The second-order valence-corrected chi connectivity index (χ2v) is 7.09. The first-order chi connectivity index (χ1) is 11.3. The molecule has 2 aromatic rings. The molecule has 0 fully saturated rings. The number of benzene rings is 2. The van der Waals surface area contributed by atoms with Gasteiger partial charge in [-0.15, -0.1) is 0 Å².